The maximum Gasteiger partial charge on any atom is 0.326 e. The first-order valence-corrected chi connectivity index (χ1v) is 5.02. The highest BCUT2D eigenvalue weighted by Gasteiger charge is 2.23. The van der Waals surface area contributed by atoms with Gasteiger partial charge in [0.25, 0.3) is 5.91 Å². The summed E-state index contributed by atoms with van der Waals surface area (Å²) in [6.45, 7) is 0. The number of carbonyl (C=O) groups excluding carboxylic acids is 1. The largest absolute Gasteiger partial charge is 0.481 e. The van der Waals surface area contributed by atoms with Crippen molar-refractivity contribution >= 4 is 29.2 Å². The number of hydrogen-bond donors (Lipinski definition) is 3. The molecule has 0 aromatic carbocycles. The van der Waals surface area contributed by atoms with Gasteiger partial charge in [-0.15, -0.1) is 11.3 Å². The Hall–Kier alpha value is -1.96. The molecule has 0 saturated carbocycles. The minimum atomic E-state index is -1.44. The van der Waals surface area contributed by atoms with Crippen LogP contribution in [0.2, 0.25) is 0 Å². The fourth-order valence-electron chi connectivity index (χ4n) is 0.932. The van der Waals surface area contributed by atoms with Crippen LogP contribution in [0.4, 0.5) is 0 Å². The molecule has 1 atom stereocenters. The number of aromatic nitrogens is 1. The van der Waals surface area contributed by atoms with Crippen molar-refractivity contribution in [1.29, 1.82) is 0 Å². The highest BCUT2D eigenvalue weighted by Crippen LogP contribution is 2.06. The molecule has 0 radical (unpaired) electrons. The first-order chi connectivity index (χ1) is 7.50. The molecule has 7 nitrogen and oxygen atoms in total. The second-order valence-corrected chi connectivity index (χ2v) is 3.71. The molecular weight excluding hydrogens is 236 g/mol. The Balaban J connectivity index is 2.65. The number of aliphatic carboxylic acids is 2. The molecule has 0 aliphatic rings. The highest BCUT2D eigenvalue weighted by atomic mass is 32.1. The molecule has 16 heavy (non-hydrogen) atoms. The molecule has 86 valence electrons. The summed E-state index contributed by atoms with van der Waals surface area (Å²) in [5.74, 6) is -3.33. The second kappa shape index (κ2) is 5.21. The van der Waals surface area contributed by atoms with Crippen LogP contribution >= 0.6 is 11.3 Å². The Morgan fingerprint density at radius 3 is 2.56 bits per heavy atom. The van der Waals surface area contributed by atoms with Gasteiger partial charge in [0.1, 0.15) is 10.9 Å². The average molecular weight is 244 g/mol. The lowest BCUT2D eigenvalue weighted by atomic mass is 10.2. The van der Waals surface area contributed by atoms with Crippen LogP contribution in [0.25, 0.3) is 0 Å². The standard InChI is InChI=1S/C8H8N2O5S/c11-6(12)1-4(8(14)15)10-7(13)5-2-9-3-16-5/h2-4H,1H2,(H,10,13)(H,11,12)(H,14,15)/t4-/m0/s1. The number of hydrogen-bond acceptors (Lipinski definition) is 5. The van der Waals surface area contributed by atoms with E-state index < -0.39 is 30.3 Å². The van der Waals surface area contributed by atoms with Crippen molar-refractivity contribution in [3.8, 4) is 0 Å². The summed E-state index contributed by atoms with van der Waals surface area (Å²) >= 11 is 1.04. The van der Waals surface area contributed by atoms with Crippen molar-refractivity contribution < 1.29 is 24.6 Å². The minimum absolute atomic E-state index is 0.233. The van der Waals surface area contributed by atoms with Crippen LogP contribution in [0.15, 0.2) is 11.7 Å². The molecule has 1 aromatic heterocycles. The second-order valence-electron chi connectivity index (χ2n) is 2.83. The molecule has 3 N–H and O–H groups in total. The Morgan fingerprint density at radius 1 is 1.44 bits per heavy atom. The third-order valence-corrected chi connectivity index (χ3v) is 2.41. The molecule has 0 bridgehead atoms. The van der Waals surface area contributed by atoms with Gasteiger partial charge < -0.3 is 15.5 Å². The predicted molar refractivity (Wildman–Crippen MR) is 53.3 cm³/mol. The summed E-state index contributed by atoms with van der Waals surface area (Å²) in [7, 11) is 0. The number of thiazole rings is 1. The zero-order valence-corrected chi connectivity index (χ0v) is 8.73. The highest BCUT2D eigenvalue weighted by molar-refractivity contribution is 7.11. The van der Waals surface area contributed by atoms with Gasteiger partial charge in [-0.2, -0.15) is 0 Å². The molecular formula is C8H8N2O5S. The van der Waals surface area contributed by atoms with E-state index in [2.05, 4.69) is 10.3 Å². The third kappa shape index (κ3) is 3.31. The van der Waals surface area contributed by atoms with E-state index in [1.807, 2.05) is 0 Å². The maximum absolute atomic E-state index is 11.4. The summed E-state index contributed by atoms with van der Waals surface area (Å²) in [5.41, 5.74) is 1.42. The fourth-order valence-corrected chi connectivity index (χ4v) is 1.45. The van der Waals surface area contributed by atoms with Crippen LogP contribution in [0, 0.1) is 0 Å². The van der Waals surface area contributed by atoms with E-state index in [9.17, 15) is 14.4 Å². The Labute approximate surface area is 93.7 Å². The number of amides is 1. The van der Waals surface area contributed by atoms with E-state index in [1.165, 1.54) is 11.7 Å². The van der Waals surface area contributed by atoms with Gasteiger partial charge in [0.15, 0.2) is 0 Å². The third-order valence-electron chi connectivity index (χ3n) is 1.64. The molecule has 0 saturated heterocycles. The molecule has 0 aliphatic carbocycles. The van der Waals surface area contributed by atoms with Crippen molar-refractivity contribution in [2.45, 2.75) is 12.5 Å². The van der Waals surface area contributed by atoms with Gasteiger partial charge in [0.2, 0.25) is 0 Å². The van der Waals surface area contributed by atoms with E-state index in [0.717, 1.165) is 11.3 Å². The van der Waals surface area contributed by atoms with Crippen LogP contribution in [-0.2, 0) is 9.59 Å². The molecule has 1 heterocycles. The van der Waals surface area contributed by atoms with Gasteiger partial charge in [-0.25, -0.2) is 4.79 Å². The zero-order valence-electron chi connectivity index (χ0n) is 7.91. The van der Waals surface area contributed by atoms with Crippen molar-refractivity contribution in [3.63, 3.8) is 0 Å². The van der Waals surface area contributed by atoms with Gasteiger partial charge in [-0.05, 0) is 0 Å². The normalized spacial score (nSPS) is 11.8. The Morgan fingerprint density at radius 2 is 2.12 bits per heavy atom. The molecule has 0 spiro atoms. The maximum atomic E-state index is 11.4. The number of carbonyl (C=O) groups is 3. The Bertz CT molecular complexity index is 403. The Kier molecular flexibility index (Phi) is 3.95. The van der Waals surface area contributed by atoms with Gasteiger partial charge in [0, 0.05) is 0 Å². The van der Waals surface area contributed by atoms with E-state index in [4.69, 9.17) is 10.2 Å². The number of carboxylic acid groups (broad SMARTS) is 2. The molecule has 0 aliphatic heterocycles. The zero-order chi connectivity index (χ0) is 12.1. The summed E-state index contributed by atoms with van der Waals surface area (Å²) in [6.07, 6.45) is 0.611. The summed E-state index contributed by atoms with van der Waals surface area (Å²) in [4.78, 5) is 36.3. The molecule has 1 aromatic rings. The van der Waals surface area contributed by atoms with Crippen LogP contribution in [-0.4, -0.2) is 39.1 Å². The topological polar surface area (TPSA) is 117 Å². The van der Waals surface area contributed by atoms with Crippen molar-refractivity contribution in [3.05, 3.63) is 16.6 Å². The lowest BCUT2D eigenvalue weighted by molar-refractivity contribution is -0.145. The molecule has 1 rings (SSSR count). The number of rotatable bonds is 5. The van der Waals surface area contributed by atoms with Gasteiger partial charge in [0.05, 0.1) is 18.1 Å². The van der Waals surface area contributed by atoms with E-state index in [0.29, 0.717) is 0 Å². The molecule has 0 fully saturated rings. The molecule has 1 amide bonds. The first-order valence-electron chi connectivity index (χ1n) is 4.14. The van der Waals surface area contributed by atoms with Crippen LogP contribution in [0.1, 0.15) is 16.1 Å². The average Bonchev–Trinajstić information content (AvgIpc) is 2.68. The van der Waals surface area contributed by atoms with E-state index in [-0.39, 0.29) is 4.88 Å². The number of carboxylic acids is 2. The number of nitrogens with zero attached hydrogens (tertiary/aromatic N) is 1. The van der Waals surface area contributed by atoms with Crippen LogP contribution in [0.5, 0.6) is 0 Å². The summed E-state index contributed by atoms with van der Waals surface area (Å²) in [6, 6.07) is -1.44. The first kappa shape index (κ1) is 12.1. The minimum Gasteiger partial charge on any atom is -0.481 e. The van der Waals surface area contributed by atoms with E-state index in [1.54, 1.807) is 0 Å². The van der Waals surface area contributed by atoms with Crippen LogP contribution < -0.4 is 5.32 Å². The van der Waals surface area contributed by atoms with Gasteiger partial charge in [-0.1, -0.05) is 0 Å². The predicted octanol–water partition coefficient (Wildman–Crippen LogP) is -0.199. The smallest absolute Gasteiger partial charge is 0.326 e. The van der Waals surface area contributed by atoms with E-state index >= 15 is 0 Å². The van der Waals surface area contributed by atoms with Gasteiger partial charge >= 0.3 is 11.9 Å². The van der Waals surface area contributed by atoms with Crippen molar-refractivity contribution in [2.24, 2.45) is 0 Å². The summed E-state index contributed by atoms with van der Waals surface area (Å²) < 4.78 is 0. The van der Waals surface area contributed by atoms with Crippen molar-refractivity contribution in [1.82, 2.24) is 10.3 Å². The fraction of sp³-hybridized carbons (Fsp3) is 0.250. The summed E-state index contributed by atoms with van der Waals surface area (Å²) in [5, 5.41) is 19.2. The van der Waals surface area contributed by atoms with Crippen molar-refractivity contribution in [2.75, 3.05) is 0 Å². The van der Waals surface area contributed by atoms with Crippen LogP contribution in [0.3, 0.4) is 0 Å². The molecule has 8 heteroatoms. The molecule has 0 unspecified atom stereocenters. The SMILES string of the molecule is O=C(O)C[C@H](NC(=O)c1cncs1)C(=O)O. The number of nitrogens with one attached hydrogen (secondary N) is 1. The van der Waals surface area contributed by atoms with Gasteiger partial charge in [-0.3, -0.25) is 14.6 Å². The lowest BCUT2D eigenvalue weighted by Gasteiger charge is -2.10. The quantitative estimate of drug-likeness (QED) is 0.660. The monoisotopic (exact) mass is 244 g/mol. The lowest BCUT2D eigenvalue weighted by Crippen LogP contribution is -2.41.